The first-order chi connectivity index (χ1) is 12.8. The predicted octanol–water partition coefficient (Wildman–Crippen LogP) is 3.83. The van der Waals surface area contributed by atoms with Crippen LogP contribution in [0, 0.1) is 0 Å². The number of carbonyl (C=O) groups excluding carboxylic acids is 1. The molecule has 0 aliphatic heterocycles. The van der Waals surface area contributed by atoms with Crippen molar-refractivity contribution in [2.75, 3.05) is 0 Å². The van der Waals surface area contributed by atoms with Gasteiger partial charge in [0.15, 0.2) is 11.6 Å². The normalized spacial score (nSPS) is 12.6. The molecule has 2 heterocycles. The summed E-state index contributed by atoms with van der Waals surface area (Å²) in [7, 11) is 0. The van der Waals surface area contributed by atoms with Gasteiger partial charge in [-0.15, -0.1) is 0 Å². The predicted molar refractivity (Wildman–Crippen MR) is 91.5 cm³/mol. The van der Waals surface area contributed by atoms with Gasteiger partial charge in [-0.2, -0.15) is 23.0 Å². The molecule has 0 unspecified atom stereocenters. The van der Waals surface area contributed by atoms with Gasteiger partial charge in [-0.1, -0.05) is 17.7 Å². The van der Waals surface area contributed by atoms with Gasteiger partial charge in [0.05, 0.1) is 11.6 Å². The summed E-state index contributed by atoms with van der Waals surface area (Å²) in [5, 5.41) is 6.49. The topological polar surface area (TPSA) is 72.7 Å². The summed E-state index contributed by atoms with van der Waals surface area (Å²) in [5.41, 5.74) is -1.20. The first kappa shape index (κ1) is 18.8. The van der Waals surface area contributed by atoms with E-state index in [1.54, 1.807) is 31.3 Å². The molecule has 27 heavy (non-hydrogen) atoms. The summed E-state index contributed by atoms with van der Waals surface area (Å²) in [6.45, 7) is 1.64. The Morgan fingerprint density at radius 1 is 1.22 bits per heavy atom. The van der Waals surface area contributed by atoms with Crippen molar-refractivity contribution in [1.82, 2.24) is 25.1 Å². The fourth-order valence-electron chi connectivity index (χ4n) is 2.43. The summed E-state index contributed by atoms with van der Waals surface area (Å²) < 4.78 is 40.2. The van der Waals surface area contributed by atoms with Crippen LogP contribution >= 0.6 is 11.6 Å². The van der Waals surface area contributed by atoms with Gasteiger partial charge in [0, 0.05) is 16.8 Å². The van der Waals surface area contributed by atoms with Crippen LogP contribution in [0.1, 0.15) is 34.7 Å². The van der Waals surface area contributed by atoms with Crippen LogP contribution in [0.5, 0.6) is 0 Å². The second-order valence-corrected chi connectivity index (χ2v) is 6.08. The van der Waals surface area contributed by atoms with Crippen LogP contribution in [-0.4, -0.2) is 25.7 Å². The highest BCUT2D eigenvalue weighted by molar-refractivity contribution is 6.31. The zero-order chi connectivity index (χ0) is 19.6. The third kappa shape index (κ3) is 4.25. The maximum absolute atomic E-state index is 12.9. The largest absolute Gasteiger partial charge is 0.416 e. The number of benzene rings is 1. The van der Waals surface area contributed by atoms with Gasteiger partial charge < -0.3 is 5.32 Å². The van der Waals surface area contributed by atoms with E-state index in [2.05, 4.69) is 20.4 Å². The van der Waals surface area contributed by atoms with Crippen LogP contribution < -0.4 is 5.32 Å². The first-order valence-corrected chi connectivity index (χ1v) is 8.13. The molecule has 140 valence electrons. The Balaban J connectivity index is 1.84. The highest BCUT2D eigenvalue weighted by Gasteiger charge is 2.32. The van der Waals surface area contributed by atoms with Gasteiger partial charge in [0.25, 0.3) is 5.91 Å². The molecule has 1 aromatic carbocycles. The van der Waals surface area contributed by atoms with Gasteiger partial charge in [-0.3, -0.25) is 4.79 Å². The van der Waals surface area contributed by atoms with Crippen molar-refractivity contribution in [1.29, 1.82) is 0 Å². The molecule has 3 rings (SSSR count). The van der Waals surface area contributed by atoms with Gasteiger partial charge in [-0.25, -0.2) is 9.97 Å². The molecule has 10 heteroatoms. The molecule has 0 aliphatic carbocycles. The van der Waals surface area contributed by atoms with Crippen molar-refractivity contribution in [2.45, 2.75) is 19.1 Å². The first-order valence-electron chi connectivity index (χ1n) is 7.75. The number of nitrogens with zero attached hydrogens (tertiary/aromatic N) is 4. The van der Waals surface area contributed by atoms with Crippen molar-refractivity contribution >= 4 is 17.5 Å². The summed E-state index contributed by atoms with van der Waals surface area (Å²) in [6.07, 6.45) is -1.73. The second-order valence-electron chi connectivity index (χ2n) is 5.64. The lowest BCUT2D eigenvalue weighted by Crippen LogP contribution is -2.29. The van der Waals surface area contributed by atoms with Crippen LogP contribution in [-0.2, 0) is 6.18 Å². The lowest BCUT2D eigenvalue weighted by Gasteiger charge is -2.15. The monoisotopic (exact) mass is 395 g/mol. The van der Waals surface area contributed by atoms with E-state index in [0.717, 1.165) is 12.1 Å². The van der Waals surface area contributed by atoms with E-state index in [1.807, 2.05) is 0 Å². The van der Waals surface area contributed by atoms with Gasteiger partial charge >= 0.3 is 6.18 Å². The molecule has 0 saturated heterocycles. The maximum Gasteiger partial charge on any atom is 0.416 e. The average Bonchev–Trinajstić information content (AvgIpc) is 3.11. The van der Waals surface area contributed by atoms with E-state index in [-0.39, 0.29) is 10.6 Å². The Hall–Kier alpha value is -2.94. The summed E-state index contributed by atoms with van der Waals surface area (Å²) in [4.78, 5) is 20.7. The molecule has 6 nitrogen and oxygen atoms in total. The number of rotatable bonds is 4. The lowest BCUT2D eigenvalue weighted by atomic mass is 10.1. The average molecular weight is 396 g/mol. The molecule has 0 bridgehead atoms. The minimum Gasteiger partial charge on any atom is -0.342 e. The van der Waals surface area contributed by atoms with Crippen LogP contribution in [0.25, 0.3) is 5.82 Å². The Morgan fingerprint density at radius 3 is 2.67 bits per heavy atom. The number of aromatic nitrogens is 4. The van der Waals surface area contributed by atoms with E-state index in [1.165, 1.54) is 17.1 Å². The number of halogens is 4. The molecule has 1 atom stereocenters. The standard InChI is InChI=1S/C17H13ClF3N5O/c1-10(15-23-9-24-26(15)14-4-2-3-5-22-14)25-16(27)11-6-12(17(19,20)21)8-13(18)7-11/h2-10H,1H3,(H,25,27)/t10-/m0/s1. The third-order valence-electron chi connectivity index (χ3n) is 3.66. The van der Waals surface area contributed by atoms with E-state index in [9.17, 15) is 18.0 Å². The molecule has 1 N–H and O–H groups in total. The molecule has 0 aliphatic rings. The summed E-state index contributed by atoms with van der Waals surface area (Å²) >= 11 is 5.73. The summed E-state index contributed by atoms with van der Waals surface area (Å²) in [6, 6.07) is 7.25. The Morgan fingerprint density at radius 2 is 2.00 bits per heavy atom. The molecular formula is C17H13ClF3N5O. The molecule has 0 fully saturated rings. The molecule has 0 radical (unpaired) electrons. The molecule has 2 aromatic heterocycles. The zero-order valence-electron chi connectivity index (χ0n) is 13.9. The Kier molecular flexibility index (Phi) is 5.13. The van der Waals surface area contributed by atoms with E-state index in [0.29, 0.717) is 11.6 Å². The van der Waals surface area contributed by atoms with Crippen LogP contribution in [0.15, 0.2) is 48.9 Å². The minimum absolute atomic E-state index is 0.181. The fraction of sp³-hybridized carbons (Fsp3) is 0.176. The quantitative estimate of drug-likeness (QED) is 0.728. The number of amides is 1. The Labute approximate surface area is 157 Å². The number of carbonyl (C=O) groups is 1. The number of hydrogen-bond donors (Lipinski definition) is 1. The molecule has 3 aromatic rings. The molecule has 0 saturated carbocycles. The molecule has 0 spiro atoms. The Bertz CT molecular complexity index is 959. The third-order valence-corrected chi connectivity index (χ3v) is 3.88. The number of nitrogens with one attached hydrogen (secondary N) is 1. The zero-order valence-corrected chi connectivity index (χ0v) is 14.7. The minimum atomic E-state index is -4.61. The van der Waals surface area contributed by atoms with E-state index >= 15 is 0 Å². The SMILES string of the molecule is C[C@H](NC(=O)c1cc(Cl)cc(C(F)(F)F)c1)c1ncnn1-c1ccccn1. The van der Waals surface area contributed by atoms with Crippen molar-refractivity contribution in [3.05, 3.63) is 70.9 Å². The van der Waals surface area contributed by atoms with Crippen molar-refractivity contribution in [3.8, 4) is 5.82 Å². The van der Waals surface area contributed by atoms with Crippen molar-refractivity contribution in [3.63, 3.8) is 0 Å². The van der Waals surface area contributed by atoms with Crippen molar-refractivity contribution in [2.24, 2.45) is 0 Å². The van der Waals surface area contributed by atoms with E-state index in [4.69, 9.17) is 11.6 Å². The highest BCUT2D eigenvalue weighted by Crippen LogP contribution is 2.32. The molecular weight excluding hydrogens is 383 g/mol. The fourth-order valence-corrected chi connectivity index (χ4v) is 2.67. The smallest absolute Gasteiger partial charge is 0.342 e. The van der Waals surface area contributed by atoms with Crippen LogP contribution in [0.2, 0.25) is 5.02 Å². The van der Waals surface area contributed by atoms with Crippen molar-refractivity contribution < 1.29 is 18.0 Å². The molecule has 1 amide bonds. The number of pyridine rings is 1. The number of hydrogen-bond acceptors (Lipinski definition) is 4. The lowest BCUT2D eigenvalue weighted by molar-refractivity contribution is -0.137. The van der Waals surface area contributed by atoms with Crippen LogP contribution in [0.3, 0.4) is 0 Å². The van der Waals surface area contributed by atoms with Gasteiger partial charge in [0.1, 0.15) is 6.33 Å². The van der Waals surface area contributed by atoms with E-state index < -0.39 is 23.7 Å². The van der Waals surface area contributed by atoms with Gasteiger partial charge in [0.2, 0.25) is 0 Å². The highest BCUT2D eigenvalue weighted by atomic mass is 35.5. The van der Waals surface area contributed by atoms with Crippen LogP contribution in [0.4, 0.5) is 13.2 Å². The second kappa shape index (κ2) is 7.36. The van der Waals surface area contributed by atoms with Gasteiger partial charge in [-0.05, 0) is 37.3 Å². The maximum atomic E-state index is 12.9. The number of alkyl halides is 3. The summed E-state index contributed by atoms with van der Waals surface area (Å²) in [5.74, 6) is 0.152.